The molecule has 1 atom stereocenters. The van der Waals surface area contributed by atoms with Crippen molar-refractivity contribution in [1.82, 2.24) is 0 Å². The third-order valence-electron chi connectivity index (χ3n) is 3.90. The van der Waals surface area contributed by atoms with Gasteiger partial charge in [0.05, 0.1) is 18.9 Å². The first kappa shape index (κ1) is 22.8. The molecule has 0 spiro atoms. The van der Waals surface area contributed by atoms with Gasteiger partial charge in [-0.05, 0) is 38.0 Å². The van der Waals surface area contributed by atoms with Gasteiger partial charge in [0.2, 0.25) is 0 Å². The topological polar surface area (TPSA) is 52.6 Å². The smallest absolute Gasteiger partial charge is 0.311 e. The lowest BCUT2D eigenvalue weighted by Gasteiger charge is -2.13. The van der Waals surface area contributed by atoms with E-state index in [2.05, 4.69) is 6.92 Å². The molecule has 0 aliphatic rings. The first-order chi connectivity index (χ1) is 12.4. The Morgan fingerprint density at radius 1 is 0.923 bits per heavy atom. The predicted octanol–water partition coefficient (Wildman–Crippen LogP) is 6.36. The highest BCUT2D eigenvalue weighted by molar-refractivity contribution is 6.34. The summed E-state index contributed by atoms with van der Waals surface area (Å²) in [6, 6.07) is 4.53. The van der Waals surface area contributed by atoms with Crippen molar-refractivity contribution in [3.8, 4) is 5.75 Å². The molecule has 6 heteroatoms. The Morgan fingerprint density at radius 2 is 1.50 bits per heavy atom. The Hall–Kier alpha value is -1.26. The van der Waals surface area contributed by atoms with E-state index in [1.54, 1.807) is 6.07 Å². The van der Waals surface area contributed by atoms with Crippen LogP contribution in [0.4, 0.5) is 0 Å². The normalized spacial score (nSPS) is 11.8. The summed E-state index contributed by atoms with van der Waals surface area (Å²) in [6.45, 7) is 4.08. The van der Waals surface area contributed by atoms with E-state index >= 15 is 0 Å². The van der Waals surface area contributed by atoms with Gasteiger partial charge in [-0.2, -0.15) is 0 Å². The number of rotatable bonds is 12. The highest BCUT2D eigenvalue weighted by Crippen LogP contribution is 2.24. The van der Waals surface area contributed by atoms with Crippen LogP contribution in [0.1, 0.15) is 71.6 Å². The molecule has 0 fully saturated rings. The van der Waals surface area contributed by atoms with Gasteiger partial charge >= 0.3 is 11.9 Å². The maximum Gasteiger partial charge on any atom is 0.311 e. The third-order valence-corrected chi connectivity index (χ3v) is 4.33. The van der Waals surface area contributed by atoms with Gasteiger partial charge < -0.3 is 9.47 Å². The van der Waals surface area contributed by atoms with Gasteiger partial charge in [0.25, 0.3) is 0 Å². The zero-order valence-electron chi connectivity index (χ0n) is 15.6. The summed E-state index contributed by atoms with van der Waals surface area (Å²) >= 11 is 11.7. The maximum atomic E-state index is 11.8. The average Bonchev–Trinajstić information content (AvgIpc) is 2.55. The molecule has 0 amide bonds. The first-order valence-corrected chi connectivity index (χ1v) is 10.0. The molecule has 26 heavy (non-hydrogen) atoms. The summed E-state index contributed by atoms with van der Waals surface area (Å²) in [5.74, 6) is -0.647. The minimum Gasteiger partial charge on any atom is -0.463 e. The summed E-state index contributed by atoms with van der Waals surface area (Å²) in [5.41, 5.74) is 0. The summed E-state index contributed by atoms with van der Waals surface area (Å²) in [4.78, 5) is 23.6. The van der Waals surface area contributed by atoms with Crippen LogP contribution < -0.4 is 4.74 Å². The molecule has 0 aliphatic carbocycles. The highest BCUT2D eigenvalue weighted by Gasteiger charge is 2.13. The zero-order chi connectivity index (χ0) is 19.4. The molecule has 4 nitrogen and oxygen atoms in total. The largest absolute Gasteiger partial charge is 0.463 e. The van der Waals surface area contributed by atoms with Crippen molar-refractivity contribution in [2.45, 2.75) is 77.7 Å². The zero-order valence-corrected chi connectivity index (χ0v) is 17.1. The van der Waals surface area contributed by atoms with Crippen molar-refractivity contribution < 1.29 is 19.1 Å². The van der Waals surface area contributed by atoms with Crippen LogP contribution in [0.2, 0.25) is 10.0 Å². The van der Waals surface area contributed by atoms with Crippen LogP contribution in [0.3, 0.4) is 0 Å². The van der Waals surface area contributed by atoms with Gasteiger partial charge in [-0.3, -0.25) is 9.59 Å². The van der Waals surface area contributed by atoms with Crippen LogP contribution in [-0.2, 0) is 14.3 Å². The lowest BCUT2D eigenvalue weighted by molar-refractivity contribution is -0.151. The van der Waals surface area contributed by atoms with E-state index in [4.69, 9.17) is 32.7 Å². The molecule has 0 saturated carbocycles. The van der Waals surface area contributed by atoms with Gasteiger partial charge in [-0.15, -0.1) is 0 Å². The second-order valence-corrected chi connectivity index (χ2v) is 7.31. The minimum atomic E-state index is -0.524. The number of halogens is 2. The fourth-order valence-corrected chi connectivity index (χ4v) is 3.03. The number of ether oxygens (including phenoxy) is 2. The number of carbonyl (C=O) groups excluding carboxylic acids is 2. The van der Waals surface area contributed by atoms with Crippen molar-refractivity contribution >= 4 is 35.1 Å². The number of carbonyl (C=O) groups is 2. The Kier molecular flexibility index (Phi) is 11.4. The number of unbranched alkanes of at least 4 members (excludes halogenated alkanes) is 5. The average molecular weight is 403 g/mol. The van der Waals surface area contributed by atoms with Crippen molar-refractivity contribution in [2.24, 2.45) is 0 Å². The molecule has 1 aromatic rings. The molecule has 0 heterocycles. The van der Waals surface area contributed by atoms with Gasteiger partial charge in [-0.25, -0.2) is 0 Å². The number of hydrogen-bond acceptors (Lipinski definition) is 4. The van der Waals surface area contributed by atoms with Crippen LogP contribution in [-0.4, -0.2) is 18.0 Å². The van der Waals surface area contributed by atoms with Crippen molar-refractivity contribution in [2.75, 3.05) is 0 Å². The Bertz CT molecular complexity index is 555. The minimum absolute atomic E-state index is 0.00598. The Labute approximate surface area is 166 Å². The lowest BCUT2D eigenvalue weighted by Crippen LogP contribution is -2.17. The van der Waals surface area contributed by atoms with E-state index in [1.807, 2.05) is 6.92 Å². The molecule has 0 radical (unpaired) electrons. The molecule has 1 unspecified atom stereocenters. The second-order valence-electron chi connectivity index (χ2n) is 6.44. The molecule has 0 saturated heterocycles. The Morgan fingerprint density at radius 3 is 2.15 bits per heavy atom. The monoisotopic (exact) mass is 402 g/mol. The lowest BCUT2D eigenvalue weighted by atomic mass is 10.1. The van der Waals surface area contributed by atoms with Crippen LogP contribution in [0.25, 0.3) is 0 Å². The summed E-state index contributed by atoms with van der Waals surface area (Å²) < 4.78 is 10.5. The number of benzene rings is 1. The summed E-state index contributed by atoms with van der Waals surface area (Å²) in [6.07, 6.45) is 7.90. The second kappa shape index (κ2) is 13.0. The van der Waals surface area contributed by atoms with E-state index in [-0.39, 0.29) is 30.7 Å². The molecule has 0 bridgehead atoms. The predicted molar refractivity (Wildman–Crippen MR) is 105 cm³/mol. The van der Waals surface area contributed by atoms with Gasteiger partial charge in [0, 0.05) is 10.0 Å². The fourth-order valence-electron chi connectivity index (χ4n) is 2.53. The molecular weight excluding hydrogens is 375 g/mol. The van der Waals surface area contributed by atoms with Gasteiger partial charge in [-0.1, -0.05) is 62.2 Å². The summed E-state index contributed by atoms with van der Waals surface area (Å²) in [7, 11) is 0. The van der Waals surface area contributed by atoms with Gasteiger partial charge in [0.15, 0.2) is 0 Å². The van der Waals surface area contributed by atoms with E-state index in [1.165, 1.54) is 37.8 Å². The molecule has 1 aromatic carbocycles. The quantitative estimate of drug-likeness (QED) is 0.231. The van der Waals surface area contributed by atoms with Crippen molar-refractivity contribution in [3.05, 3.63) is 28.2 Å². The molecule has 0 aromatic heterocycles. The van der Waals surface area contributed by atoms with E-state index in [9.17, 15) is 9.59 Å². The first-order valence-electron chi connectivity index (χ1n) is 9.27. The SMILES string of the molecule is CCCCCCCCC(C)OC(=O)CCC(=O)Oc1cc(Cl)cc(Cl)c1. The maximum absolute atomic E-state index is 11.8. The Balaban J connectivity index is 2.19. The van der Waals surface area contributed by atoms with E-state index < -0.39 is 5.97 Å². The van der Waals surface area contributed by atoms with E-state index in [0.717, 1.165) is 19.3 Å². The molecule has 0 N–H and O–H groups in total. The highest BCUT2D eigenvalue weighted by atomic mass is 35.5. The van der Waals surface area contributed by atoms with Crippen LogP contribution in [0, 0.1) is 0 Å². The van der Waals surface area contributed by atoms with Gasteiger partial charge in [0.1, 0.15) is 5.75 Å². The van der Waals surface area contributed by atoms with E-state index in [0.29, 0.717) is 10.0 Å². The fraction of sp³-hybridized carbons (Fsp3) is 0.600. The van der Waals surface area contributed by atoms with Crippen LogP contribution in [0.5, 0.6) is 5.75 Å². The molecule has 1 rings (SSSR count). The number of hydrogen-bond donors (Lipinski definition) is 0. The molecular formula is C20H28Cl2O4. The molecule has 146 valence electrons. The van der Waals surface area contributed by atoms with Crippen molar-refractivity contribution in [3.63, 3.8) is 0 Å². The third kappa shape index (κ3) is 10.7. The summed E-state index contributed by atoms with van der Waals surface area (Å²) in [5, 5.41) is 0.756. The van der Waals surface area contributed by atoms with Crippen LogP contribution >= 0.6 is 23.2 Å². The van der Waals surface area contributed by atoms with Crippen LogP contribution in [0.15, 0.2) is 18.2 Å². The standard InChI is InChI=1S/C20H28Cl2O4/c1-3-4-5-6-7-8-9-15(2)25-19(23)10-11-20(24)26-18-13-16(21)12-17(22)14-18/h12-15H,3-11H2,1-2H3. The number of esters is 2. The van der Waals surface area contributed by atoms with Crippen molar-refractivity contribution in [1.29, 1.82) is 0 Å². The molecule has 0 aliphatic heterocycles.